The summed E-state index contributed by atoms with van der Waals surface area (Å²) in [4.78, 5) is 3.98. The van der Waals surface area contributed by atoms with Crippen LogP contribution in [0.15, 0.2) is 67.3 Å². The van der Waals surface area contributed by atoms with Crippen molar-refractivity contribution in [3.05, 3.63) is 83.4 Å². The summed E-state index contributed by atoms with van der Waals surface area (Å²) in [6.07, 6.45) is 3.16. The van der Waals surface area contributed by atoms with Crippen molar-refractivity contribution < 1.29 is 0 Å². The molecule has 0 aliphatic rings. The van der Waals surface area contributed by atoms with Crippen LogP contribution in [0.3, 0.4) is 0 Å². The molecule has 3 rings (SSSR count). The van der Waals surface area contributed by atoms with Crippen LogP contribution < -0.4 is 0 Å². The molecule has 0 atom stereocenters. The summed E-state index contributed by atoms with van der Waals surface area (Å²) < 4.78 is 1.73. The largest absolute Gasteiger partial charge is 0.248 e. The smallest absolute Gasteiger partial charge is 0.137 e. The normalized spacial score (nSPS) is 12.1. The van der Waals surface area contributed by atoms with Crippen LogP contribution in [0.2, 0.25) is 5.02 Å². The second kappa shape index (κ2) is 6.77. The summed E-state index contributed by atoms with van der Waals surface area (Å²) in [6, 6.07) is 17.5. The minimum atomic E-state index is 0.497. The Hall–Kier alpha value is -2.10. The van der Waals surface area contributed by atoms with Gasteiger partial charge in [-0.3, -0.25) is 0 Å². The van der Waals surface area contributed by atoms with Gasteiger partial charge in [-0.25, -0.2) is 9.67 Å². The maximum Gasteiger partial charge on any atom is 0.137 e. The monoisotopic (exact) mass is 329 g/mol. The van der Waals surface area contributed by atoms with Gasteiger partial charge in [0, 0.05) is 10.6 Å². The first kappa shape index (κ1) is 14.8. The third-order valence-corrected chi connectivity index (χ3v) is 4.05. The summed E-state index contributed by atoms with van der Waals surface area (Å²) in [5.41, 5.74) is 2.75. The Labute approximate surface area is 138 Å². The molecule has 3 aromatic rings. The summed E-state index contributed by atoms with van der Waals surface area (Å²) in [6.45, 7) is 0.497. The van der Waals surface area contributed by atoms with Crippen molar-refractivity contribution >= 4 is 33.8 Å². The Balaban J connectivity index is 2.13. The average molecular weight is 330 g/mol. The third kappa shape index (κ3) is 3.21. The fraction of sp³-hybridized carbons (Fsp3) is 0.0588. The predicted octanol–water partition coefficient (Wildman–Crippen LogP) is 4.74. The van der Waals surface area contributed by atoms with Crippen LogP contribution in [-0.4, -0.2) is 14.8 Å². The maximum absolute atomic E-state index is 6.66. The number of benzene rings is 2. The standard InChI is InChI=1S/C17H13Cl2N3/c18-16-9-5-4-8-14(16)15(10-22-12-20-11-21-22)17(19)13-6-2-1-3-7-13/h1-9,11-12H,10H2/b17-15-. The molecule has 2 aromatic carbocycles. The number of rotatable bonds is 4. The van der Waals surface area contributed by atoms with Crippen LogP contribution in [0.5, 0.6) is 0 Å². The number of hydrogen-bond donors (Lipinski definition) is 0. The molecule has 110 valence electrons. The van der Waals surface area contributed by atoms with Crippen molar-refractivity contribution in [1.82, 2.24) is 14.8 Å². The second-order valence-electron chi connectivity index (χ2n) is 4.73. The molecule has 0 saturated heterocycles. The van der Waals surface area contributed by atoms with E-state index in [0.29, 0.717) is 16.6 Å². The summed E-state index contributed by atoms with van der Waals surface area (Å²) >= 11 is 13.0. The van der Waals surface area contributed by atoms with E-state index in [1.54, 1.807) is 11.0 Å². The molecule has 0 N–H and O–H groups in total. The van der Waals surface area contributed by atoms with Crippen molar-refractivity contribution in [2.45, 2.75) is 6.54 Å². The molecule has 0 fully saturated rings. The Morgan fingerprint density at radius 1 is 1.00 bits per heavy atom. The molecule has 0 spiro atoms. The zero-order valence-corrected chi connectivity index (χ0v) is 13.2. The van der Waals surface area contributed by atoms with E-state index in [1.165, 1.54) is 6.33 Å². The molecule has 1 aromatic heterocycles. The van der Waals surface area contributed by atoms with E-state index in [1.807, 2.05) is 54.6 Å². The molecule has 0 aliphatic heterocycles. The van der Waals surface area contributed by atoms with E-state index >= 15 is 0 Å². The quantitative estimate of drug-likeness (QED) is 0.647. The van der Waals surface area contributed by atoms with Crippen LogP contribution >= 0.6 is 23.2 Å². The van der Waals surface area contributed by atoms with E-state index < -0.39 is 0 Å². The van der Waals surface area contributed by atoms with Crippen LogP contribution in [0.4, 0.5) is 0 Å². The van der Waals surface area contributed by atoms with Gasteiger partial charge in [0.15, 0.2) is 0 Å². The van der Waals surface area contributed by atoms with E-state index in [9.17, 15) is 0 Å². The van der Waals surface area contributed by atoms with E-state index in [2.05, 4.69) is 10.1 Å². The molecule has 0 unspecified atom stereocenters. The lowest BCUT2D eigenvalue weighted by molar-refractivity contribution is 0.711. The van der Waals surface area contributed by atoms with Gasteiger partial charge in [0.05, 0.1) is 11.6 Å². The van der Waals surface area contributed by atoms with Crippen molar-refractivity contribution in [3.63, 3.8) is 0 Å². The Morgan fingerprint density at radius 2 is 1.73 bits per heavy atom. The van der Waals surface area contributed by atoms with Crippen molar-refractivity contribution in [2.24, 2.45) is 0 Å². The van der Waals surface area contributed by atoms with Crippen molar-refractivity contribution in [1.29, 1.82) is 0 Å². The van der Waals surface area contributed by atoms with Crippen LogP contribution in [0.1, 0.15) is 11.1 Å². The summed E-state index contributed by atoms with van der Waals surface area (Å²) in [7, 11) is 0. The Morgan fingerprint density at radius 3 is 2.41 bits per heavy atom. The van der Waals surface area contributed by atoms with Gasteiger partial charge in [-0.15, -0.1) is 0 Å². The van der Waals surface area contributed by atoms with Crippen LogP contribution in [0.25, 0.3) is 10.6 Å². The van der Waals surface area contributed by atoms with Gasteiger partial charge in [0.25, 0.3) is 0 Å². The topological polar surface area (TPSA) is 30.7 Å². The molecule has 0 saturated carbocycles. The molecular weight excluding hydrogens is 317 g/mol. The lowest BCUT2D eigenvalue weighted by Gasteiger charge is -2.13. The Kier molecular flexibility index (Phi) is 4.56. The highest BCUT2D eigenvalue weighted by molar-refractivity contribution is 6.53. The molecule has 0 radical (unpaired) electrons. The fourth-order valence-electron chi connectivity index (χ4n) is 2.21. The summed E-state index contributed by atoms with van der Waals surface area (Å²) in [5, 5.41) is 5.47. The van der Waals surface area contributed by atoms with Gasteiger partial charge in [-0.1, -0.05) is 71.7 Å². The first-order valence-electron chi connectivity index (χ1n) is 6.77. The number of nitrogens with zero attached hydrogens (tertiary/aromatic N) is 3. The van der Waals surface area contributed by atoms with E-state index in [0.717, 1.165) is 16.7 Å². The van der Waals surface area contributed by atoms with Crippen LogP contribution in [-0.2, 0) is 6.54 Å². The first-order chi connectivity index (χ1) is 10.8. The lowest BCUT2D eigenvalue weighted by Crippen LogP contribution is -2.03. The number of halogens is 2. The molecule has 5 heteroatoms. The molecule has 1 heterocycles. The molecule has 3 nitrogen and oxygen atoms in total. The lowest BCUT2D eigenvalue weighted by atomic mass is 10.0. The minimum absolute atomic E-state index is 0.497. The van der Waals surface area contributed by atoms with Crippen LogP contribution in [0, 0.1) is 0 Å². The highest BCUT2D eigenvalue weighted by Gasteiger charge is 2.13. The Bertz CT molecular complexity index is 781. The van der Waals surface area contributed by atoms with Gasteiger partial charge < -0.3 is 0 Å². The molecule has 0 aliphatic carbocycles. The first-order valence-corrected chi connectivity index (χ1v) is 7.52. The van der Waals surface area contributed by atoms with Gasteiger partial charge in [-0.05, 0) is 17.2 Å². The van der Waals surface area contributed by atoms with E-state index in [-0.39, 0.29) is 0 Å². The van der Waals surface area contributed by atoms with Gasteiger partial charge in [0.1, 0.15) is 12.7 Å². The molecule has 22 heavy (non-hydrogen) atoms. The van der Waals surface area contributed by atoms with Gasteiger partial charge >= 0.3 is 0 Å². The zero-order chi connectivity index (χ0) is 15.4. The maximum atomic E-state index is 6.66. The number of hydrogen-bond acceptors (Lipinski definition) is 2. The summed E-state index contributed by atoms with van der Waals surface area (Å²) in [5.74, 6) is 0. The zero-order valence-electron chi connectivity index (χ0n) is 11.7. The second-order valence-corrected chi connectivity index (χ2v) is 5.52. The highest BCUT2D eigenvalue weighted by atomic mass is 35.5. The fourth-order valence-corrected chi connectivity index (χ4v) is 2.75. The molecular formula is C17H13Cl2N3. The van der Waals surface area contributed by atoms with Crippen molar-refractivity contribution in [3.8, 4) is 0 Å². The molecule has 0 amide bonds. The van der Waals surface area contributed by atoms with Crippen molar-refractivity contribution in [2.75, 3.05) is 0 Å². The SMILES string of the molecule is Cl/C(=C(/Cn1cncn1)c1ccccc1Cl)c1ccccc1. The number of aromatic nitrogens is 3. The third-order valence-electron chi connectivity index (χ3n) is 3.28. The number of allylic oxidation sites excluding steroid dienone is 1. The molecule has 0 bridgehead atoms. The minimum Gasteiger partial charge on any atom is -0.248 e. The van der Waals surface area contributed by atoms with Gasteiger partial charge in [-0.2, -0.15) is 5.10 Å². The average Bonchev–Trinajstić information content (AvgIpc) is 3.07. The van der Waals surface area contributed by atoms with Gasteiger partial charge in [0.2, 0.25) is 0 Å². The van der Waals surface area contributed by atoms with E-state index in [4.69, 9.17) is 23.2 Å². The highest BCUT2D eigenvalue weighted by Crippen LogP contribution is 2.34. The predicted molar refractivity (Wildman–Crippen MR) is 90.6 cm³/mol.